The third kappa shape index (κ3) is 6.42. The summed E-state index contributed by atoms with van der Waals surface area (Å²) in [4.78, 5) is 30.9. The molecule has 7 heteroatoms. The molecule has 186 valence electrons. The molecule has 1 N–H and O–H groups in total. The van der Waals surface area contributed by atoms with E-state index in [2.05, 4.69) is 24.1 Å². The van der Waals surface area contributed by atoms with Crippen LogP contribution in [0, 0.1) is 17.7 Å². The van der Waals surface area contributed by atoms with E-state index in [1.807, 2.05) is 0 Å². The van der Waals surface area contributed by atoms with Gasteiger partial charge in [0.25, 0.3) is 5.91 Å². The molecule has 1 aliphatic carbocycles. The molecule has 2 amide bonds. The van der Waals surface area contributed by atoms with Crippen molar-refractivity contribution in [3.63, 3.8) is 0 Å². The average molecular weight is 488 g/mol. The van der Waals surface area contributed by atoms with Gasteiger partial charge in [0.05, 0.1) is 4.91 Å². The van der Waals surface area contributed by atoms with E-state index in [4.69, 9.17) is 0 Å². The molecule has 5 nitrogen and oxygen atoms in total. The van der Waals surface area contributed by atoms with Crippen LogP contribution in [0.4, 0.5) is 4.39 Å². The first kappa shape index (κ1) is 25.2. The van der Waals surface area contributed by atoms with E-state index in [1.165, 1.54) is 12.5 Å². The predicted molar refractivity (Wildman–Crippen MR) is 137 cm³/mol. The molecule has 4 atom stereocenters. The first-order chi connectivity index (χ1) is 16.4. The average Bonchev–Trinajstić information content (AvgIpc) is 2.80. The second-order valence-electron chi connectivity index (χ2n) is 10.4. The van der Waals surface area contributed by atoms with Crippen LogP contribution in [0.25, 0.3) is 6.08 Å². The van der Waals surface area contributed by atoms with E-state index in [9.17, 15) is 14.0 Å². The van der Waals surface area contributed by atoms with Crippen LogP contribution >= 0.6 is 11.8 Å². The van der Waals surface area contributed by atoms with Gasteiger partial charge in [-0.25, -0.2) is 4.39 Å². The number of carbonyl (C=O) groups excluding carboxylic acids is 2. The van der Waals surface area contributed by atoms with Crippen LogP contribution < -0.4 is 5.32 Å². The molecule has 3 fully saturated rings. The molecule has 2 heterocycles. The summed E-state index contributed by atoms with van der Waals surface area (Å²) >= 11 is 1.56. The van der Waals surface area contributed by atoms with Crippen molar-refractivity contribution in [2.45, 2.75) is 63.7 Å². The molecule has 2 saturated heterocycles. The molecule has 1 saturated carbocycles. The van der Waals surface area contributed by atoms with Crippen LogP contribution in [0.2, 0.25) is 0 Å². The zero-order valence-corrected chi connectivity index (χ0v) is 21.3. The summed E-state index contributed by atoms with van der Waals surface area (Å²) in [6.07, 6.45) is 8.01. The molecule has 1 aromatic carbocycles. The fourth-order valence-corrected chi connectivity index (χ4v) is 7.27. The fourth-order valence-electron chi connectivity index (χ4n) is 5.81. The maximum absolute atomic E-state index is 14.2. The standard InChI is InChI=1S/C27H38FN3O2S/c1-19-14-20(2)17-30(16-19)13-7-12-29-26(32)18-31-23-10-5-6-11-24(23)34-25(27(31)33)15-21-8-3-4-9-22(21)28/h3-4,8-9,15,19-20,23-24H,5-7,10-14,16-18H2,1-2H3,(H,29,32)/b25-15-. The van der Waals surface area contributed by atoms with E-state index in [0.29, 0.717) is 17.0 Å². The number of nitrogens with one attached hydrogen (secondary N) is 1. The molecule has 0 radical (unpaired) electrons. The molecule has 34 heavy (non-hydrogen) atoms. The van der Waals surface area contributed by atoms with Crippen molar-refractivity contribution in [2.75, 3.05) is 32.7 Å². The third-order valence-corrected chi connectivity index (χ3v) is 8.64. The quantitative estimate of drug-likeness (QED) is 0.453. The molecule has 0 spiro atoms. The highest BCUT2D eigenvalue weighted by atomic mass is 32.2. The van der Waals surface area contributed by atoms with Gasteiger partial charge in [-0.3, -0.25) is 9.59 Å². The van der Waals surface area contributed by atoms with Gasteiger partial charge in [-0.05, 0) is 56.2 Å². The smallest absolute Gasteiger partial charge is 0.261 e. The molecule has 3 aliphatic rings. The first-order valence-corrected chi connectivity index (χ1v) is 13.7. The second-order valence-corrected chi connectivity index (χ2v) is 11.7. The summed E-state index contributed by atoms with van der Waals surface area (Å²) in [5.74, 6) is 0.877. The van der Waals surface area contributed by atoms with Crippen LogP contribution in [0.1, 0.15) is 57.9 Å². The van der Waals surface area contributed by atoms with Gasteiger partial charge in [-0.1, -0.05) is 44.9 Å². The first-order valence-electron chi connectivity index (χ1n) is 12.8. The Morgan fingerprint density at radius 1 is 1.18 bits per heavy atom. The lowest BCUT2D eigenvalue weighted by atomic mass is 9.92. The molecule has 4 unspecified atom stereocenters. The lowest BCUT2D eigenvalue weighted by Crippen LogP contribution is -2.54. The summed E-state index contributed by atoms with van der Waals surface area (Å²) in [5, 5.41) is 3.30. The van der Waals surface area contributed by atoms with Gasteiger partial charge in [-0.15, -0.1) is 11.8 Å². The van der Waals surface area contributed by atoms with E-state index < -0.39 is 0 Å². The van der Waals surface area contributed by atoms with E-state index in [0.717, 1.165) is 63.6 Å². The molecule has 1 aromatic rings. The Labute approximate surface area is 207 Å². The van der Waals surface area contributed by atoms with Gasteiger partial charge in [0, 0.05) is 36.5 Å². The summed E-state index contributed by atoms with van der Waals surface area (Å²) in [7, 11) is 0. The van der Waals surface area contributed by atoms with Crippen LogP contribution in [0.15, 0.2) is 29.2 Å². The Morgan fingerprint density at radius 3 is 2.68 bits per heavy atom. The van der Waals surface area contributed by atoms with Crippen molar-refractivity contribution >= 4 is 29.7 Å². The maximum atomic E-state index is 14.2. The van der Waals surface area contributed by atoms with Crippen molar-refractivity contribution in [1.29, 1.82) is 0 Å². The number of hydrogen-bond acceptors (Lipinski definition) is 4. The topological polar surface area (TPSA) is 52.7 Å². The van der Waals surface area contributed by atoms with Crippen molar-refractivity contribution in [3.05, 3.63) is 40.6 Å². The number of thioether (sulfide) groups is 1. The van der Waals surface area contributed by atoms with Crippen molar-refractivity contribution in [2.24, 2.45) is 11.8 Å². The summed E-state index contributed by atoms with van der Waals surface area (Å²) in [5.41, 5.74) is 0.415. The van der Waals surface area contributed by atoms with Crippen LogP contribution in [-0.2, 0) is 9.59 Å². The maximum Gasteiger partial charge on any atom is 0.261 e. The van der Waals surface area contributed by atoms with Crippen LogP contribution in [0.3, 0.4) is 0 Å². The number of hydrogen-bond donors (Lipinski definition) is 1. The monoisotopic (exact) mass is 487 g/mol. The van der Waals surface area contributed by atoms with Crippen molar-refractivity contribution in [1.82, 2.24) is 15.1 Å². The highest BCUT2D eigenvalue weighted by Gasteiger charge is 2.41. The molecule has 0 aromatic heterocycles. The summed E-state index contributed by atoms with van der Waals surface area (Å²) in [6.45, 7) is 8.59. The van der Waals surface area contributed by atoms with Crippen molar-refractivity contribution in [3.8, 4) is 0 Å². The molecule has 4 rings (SSSR count). The predicted octanol–water partition coefficient (Wildman–Crippen LogP) is 4.54. The highest BCUT2D eigenvalue weighted by Crippen LogP contribution is 2.42. The number of piperidine rings is 1. The number of likely N-dealkylation sites (tertiary alicyclic amines) is 1. The number of halogens is 1. The highest BCUT2D eigenvalue weighted by molar-refractivity contribution is 8.04. The SMILES string of the molecule is CC1CC(C)CN(CCCNC(=O)CN2C(=O)/C(=C/c3ccccc3F)SC3CCCCC32)C1. The van der Waals surface area contributed by atoms with Gasteiger partial charge < -0.3 is 15.1 Å². The van der Waals surface area contributed by atoms with Crippen LogP contribution in [0.5, 0.6) is 0 Å². The Kier molecular flexibility index (Phi) is 8.70. The Balaban J connectivity index is 1.34. The largest absolute Gasteiger partial charge is 0.355 e. The van der Waals surface area contributed by atoms with Gasteiger partial charge >= 0.3 is 0 Å². The minimum absolute atomic E-state index is 0.0751. The molecule has 0 bridgehead atoms. The number of carbonyl (C=O) groups is 2. The Morgan fingerprint density at radius 2 is 1.91 bits per heavy atom. The van der Waals surface area contributed by atoms with Gasteiger partial charge in [0.2, 0.25) is 5.91 Å². The van der Waals surface area contributed by atoms with Gasteiger partial charge in [0.1, 0.15) is 12.4 Å². The normalized spacial score (nSPS) is 29.2. The molecular formula is C27H38FN3O2S. The Bertz CT molecular complexity index is 898. The van der Waals surface area contributed by atoms with Gasteiger partial charge in [-0.2, -0.15) is 0 Å². The van der Waals surface area contributed by atoms with Crippen LogP contribution in [-0.4, -0.2) is 65.6 Å². The zero-order valence-electron chi connectivity index (χ0n) is 20.5. The minimum Gasteiger partial charge on any atom is -0.355 e. The summed E-state index contributed by atoms with van der Waals surface area (Å²) in [6, 6.07) is 6.58. The fraction of sp³-hybridized carbons (Fsp3) is 0.630. The molecule has 2 aliphatic heterocycles. The van der Waals surface area contributed by atoms with E-state index in [-0.39, 0.29) is 35.5 Å². The lowest BCUT2D eigenvalue weighted by Gasteiger charge is -2.43. The van der Waals surface area contributed by atoms with E-state index >= 15 is 0 Å². The number of amides is 2. The number of fused-ring (bicyclic) bond motifs is 1. The second kappa shape index (κ2) is 11.7. The number of rotatable bonds is 7. The zero-order chi connectivity index (χ0) is 24.1. The molecular weight excluding hydrogens is 449 g/mol. The Hall–Kier alpha value is -1.86. The number of nitrogens with zero attached hydrogens (tertiary/aromatic N) is 2. The third-order valence-electron chi connectivity index (χ3n) is 7.24. The van der Waals surface area contributed by atoms with Crippen molar-refractivity contribution < 1.29 is 14.0 Å². The van der Waals surface area contributed by atoms with E-state index in [1.54, 1.807) is 40.9 Å². The van der Waals surface area contributed by atoms with Gasteiger partial charge in [0.15, 0.2) is 0 Å². The number of benzene rings is 1. The minimum atomic E-state index is -0.337. The lowest BCUT2D eigenvalue weighted by molar-refractivity contribution is -0.135. The summed E-state index contributed by atoms with van der Waals surface area (Å²) < 4.78 is 14.2.